The summed E-state index contributed by atoms with van der Waals surface area (Å²) in [4.78, 5) is 5.43. The van der Waals surface area contributed by atoms with E-state index in [0.717, 1.165) is 18.9 Å². The smallest absolute Gasteiger partial charge is 0.356 e. The molecule has 0 bridgehead atoms. The van der Waals surface area contributed by atoms with Gasteiger partial charge in [0.15, 0.2) is 0 Å². The normalized spacial score (nSPS) is 16.9. The number of alkyl halides is 3. The van der Waals surface area contributed by atoms with Gasteiger partial charge in [0.25, 0.3) is 0 Å². The summed E-state index contributed by atoms with van der Waals surface area (Å²) in [6, 6.07) is 2.16. The van der Waals surface area contributed by atoms with Gasteiger partial charge in [-0.2, -0.15) is 13.2 Å². The van der Waals surface area contributed by atoms with E-state index in [0.29, 0.717) is 13.1 Å². The molecule has 1 aromatic rings. The van der Waals surface area contributed by atoms with Crippen molar-refractivity contribution >= 4 is 17.4 Å². The summed E-state index contributed by atoms with van der Waals surface area (Å²) < 4.78 is 38.2. The second-order valence-electron chi connectivity index (χ2n) is 3.70. The number of nitrogens with zero attached hydrogens (tertiary/aromatic N) is 2. The Morgan fingerprint density at radius 3 is 2.38 bits per heavy atom. The Kier molecular flexibility index (Phi) is 2.97. The molecule has 0 amide bonds. The predicted molar refractivity (Wildman–Crippen MR) is 55.7 cm³/mol. The highest BCUT2D eigenvalue weighted by Crippen LogP contribution is 2.37. The predicted octanol–water partition coefficient (Wildman–Crippen LogP) is 3.35. The molecule has 0 atom stereocenters. The Balaban J connectivity index is 2.43. The molecule has 1 fully saturated rings. The zero-order valence-corrected chi connectivity index (χ0v) is 9.15. The third-order valence-corrected chi connectivity index (χ3v) is 2.76. The molecule has 0 aromatic carbocycles. The van der Waals surface area contributed by atoms with Gasteiger partial charge in [0.05, 0.1) is 5.56 Å². The van der Waals surface area contributed by atoms with Gasteiger partial charge in [-0.3, -0.25) is 0 Å². The van der Waals surface area contributed by atoms with Gasteiger partial charge >= 0.3 is 6.18 Å². The average Bonchev–Trinajstić information content (AvgIpc) is 2.68. The van der Waals surface area contributed by atoms with Crippen LogP contribution in [0, 0.1) is 0 Å². The van der Waals surface area contributed by atoms with Crippen LogP contribution in [0.1, 0.15) is 18.4 Å². The molecule has 1 aromatic heterocycles. The van der Waals surface area contributed by atoms with Crippen molar-refractivity contribution in [2.45, 2.75) is 19.0 Å². The van der Waals surface area contributed by atoms with E-state index in [9.17, 15) is 13.2 Å². The second kappa shape index (κ2) is 4.13. The van der Waals surface area contributed by atoms with Gasteiger partial charge < -0.3 is 4.90 Å². The molecule has 2 nitrogen and oxygen atoms in total. The topological polar surface area (TPSA) is 16.1 Å². The molecule has 1 aliphatic rings. The monoisotopic (exact) mass is 250 g/mol. The van der Waals surface area contributed by atoms with E-state index in [1.807, 2.05) is 0 Å². The van der Waals surface area contributed by atoms with Crippen LogP contribution in [0.25, 0.3) is 0 Å². The first-order chi connectivity index (χ1) is 7.48. The molecule has 6 heteroatoms. The van der Waals surface area contributed by atoms with Crippen LogP contribution in [0.15, 0.2) is 12.1 Å². The van der Waals surface area contributed by atoms with Crippen molar-refractivity contribution in [3.05, 3.63) is 22.8 Å². The minimum Gasteiger partial charge on any atom is -0.356 e. The Hall–Kier alpha value is -0.970. The lowest BCUT2D eigenvalue weighted by molar-refractivity contribution is -0.137. The van der Waals surface area contributed by atoms with Crippen LogP contribution in [0.3, 0.4) is 0 Å². The van der Waals surface area contributed by atoms with Crippen molar-refractivity contribution in [1.29, 1.82) is 0 Å². The van der Waals surface area contributed by atoms with Gasteiger partial charge in [-0.05, 0) is 25.0 Å². The van der Waals surface area contributed by atoms with Crippen LogP contribution < -0.4 is 4.90 Å². The third kappa shape index (κ3) is 2.24. The van der Waals surface area contributed by atoms with Crippen LogP contribution >= 0.6 is 11.6 Å². The van der Waals surface area contributed by atoms with Crippen molar-refractivity contribution in [3.8, 4) is 0 Å². The van der Waals surface area contributed by atoms with Gasteiger partial charge in [-0.1, -0.05) is 11.6 Å². The number of anilines is 1. The summed E-state index contributed by atoms with van der Waals surface area (Å²) in [6.07, 6.45) is -2.59. The largest absolute Gasteiger partial charge is 0.419 e. The third-order valence-electron chi connectivity index (χ3n) is 2.55. The Morgan fingerprint density at radius 1 is 1.19 bits per heavy atom. The van der Waals surface area contributed by atoms with E-state index >= 15 is 0 Å². The molecule has 0 radical (unpaired) electrons. The quantitative estimate of drug-likeness (QED) is 0.711. The van der Waals surface area contributed by atoms with Crippen molar-refractivity contribution in [2.75, 3.05) is 18.0 Å². The number of hydrogen-bond donors (Lipinski definition) is 0. The summed E-state index contributed by atoms with van der Waals surface area (Å²) in [7, 11) is 0. The van der Waals surface area contributed by atoms with Gasteiger partial charge in [-0.25, -0.2) is 4.98 Å². The molecule has 0 aliphatic carbocycles. The fraction of sp³-hybridized carbons (Fsp3) is 0.500. The fourth-order valence-corrected chi connectivity index (χ4v) is 1.96. The number of pyridine rings is 1. The highest BCUT2D eigenvalue weighted by atomic mass is 35.5. The van der Waals surface area contributed by atoms with Crippen LogP contribution in [0.5, 0.6) is 0 Å². The van der Waals surface area contributed by atoms with E-state index in [1.165, 1.54) is 6.07 Å². The van der Waals surface area contributed by atoms with E-state index in [-0.39, 0.29) is 11.0 Å². The SMILES string of the molecule is FC(F)(F)c1ccc(Cl)nc1N1CCCC1. The molecule has 88 valence electrons. The first kappa shape index (κ1) is 11.5. The minimum absolute atomic E-state index is 0.0440. The fourth-order valence-electron chi connectivity index (χ4n) is 1.82. The second-order valence-corrected chi connectivity index (χ2v) is 4.08. The summed E-state index contributed by atoms with van der Waals surface area (Å²) in [6.45, 7) is 1.22. The van der Waals surface area contributed by atoms with E-state index in [2.05, 4.69) is 4.98 Å². The lowest BCUT2D eigenvalue weighted by Gasteiger charge is -2.21. The summed E-state index contributed by atoms with van der Waals surface area (Å²) in [5, 5.41) is 0.0925. The molecule has 0 saturated carbocycles. The van der Waals surface area contributed by atoms with Gasteiger partial charge in [0.1, 0.15) is 11.0 Å². The summed E-state index contributed by atoms with van der Waals surface area (Å²) in [5.41, 5.74) is -0.709. The van der Waals surface area contributed by atoms with E-state index in [4.69, 9.17) is 11.6 Å². The number of aromatic nitrogens is 1. The molecule has 1 aliphatic heterocycles. The zero-order chi connectivity index (χ0) is 11.8. The minimum atomic E-state index is -4.38. The number of halogens is 4. The highest BCUT2D eigenvalue weighted by molar-refractivity contribution is 6.29. The summed E-state index contributed by atoms with van der Waals surface area (Å²) in [5.74, 6) is -0.0440. The van der Waals surface area contributed by atoms with Crippen LogP contribution in [0.4, 0.5) is 19.0 Å². The van der Waals surface area contributed by atoms with Gasteiger partial charge in [0.2, 0.25) is 0 Å². The van der Waals surface area contributed by atoms with Crippen molar-refractivity contribution in [3.63, 3.8) is 0 Å². The average molecular weight is 251 g/mol. The summed E-state index contributed by atoms with van der Waals surface area (Å²) >= 11 is 5.64. The molecule has 1 saturated heterocycles. The standard InChI is InChI=1S/C10H10ClF3N2/c11-8-4-3-7(10(12,13)14)9(15-8)16-5-1-2-6-16/h3-4H,1-2,5-6H2. The number of hydrogen-bond acceptors (Lipinski definition) is 2. The molecular formula is C10H10ClF3N2. The van der Waals surface area contributed by atoms with Crippen molar-refractivity contribution in [2.24, 2.45) is 0 Å². The maximum absolute atomic E-state index is 12.7. The first-order valence-corrected chi connectivity index (χ1v) is 5.35. The van der Waals surface area contributed by atoms with Crippen LogP contribution in [-0.2, 0) is 6.18 Å². The Morgan fingerprint density at radius 2 is 1.81 bits per heavy atom. The van der Waals surface area contributed by atoms with Gasteiger partial charge in [0, 0.05) is 13.1 Å². The molecular weight excluding hydrogens is 241 g/mol. The van der Waals surface area contributed by atoms with E-state index in [1.54, 1.807) is 4.90 Å². The first-order valence-electron chi connectivity index (χ1n) is 4.97. The Labute approximate surface area is 96.0 Å². The van der Waals surface area contributed by atoms with Crippen molar-refractivity contribution < 1.29 is 13.2 Å². The maximum Gasteiger partial charge on any atom is 0.419 e. The van der Waals surface area contributed by atoms with E-state index < -0.39 is 11.7 Å². The van der Waals surface area contributed by atoms with Crippen LogP contribution in [-0.4, -0.2) is 18.1 Å². The maximum atomic E-state index is 12.7. The highest BCUT2D eigenvalue weighted by Gasteiger charge is 2.36. The molecule has 2 heterocycles. The lowest BCUT2D eigenvalue weighted by Crippen LogP contribution is -2.23. The van der Waals surface area contributed by atoms with Crippen molar-refractivity contribution in [1.82, 2.24) is 4.98 Å². The lowest BCUT2D eigenvalue weighted by atomic mass is 10.2. The van der Waals surface area contributed by atoms with Crippen LogP contribution in [0.2, 0.25) is 5.15 Å². The Bertz CT molecular complexity index is 386. The zero-order valence-electron chi connectivity index (χ0n) is 8.39. The van der Waals surface area contributed by atoms with Gasteiger partial charge in [-0.15, -0.1) is 0 Å². The molecule has 0 unspecified atom stereocenters. The molecule has 0 N–H and O–H groups in total. The molecule has 2 rings (SSSR count). The number of rotatable bonds is 1. The molecule has 16 heavy (non-hydrogen) atoms. The molecule has 0 spiro atoms.